The lowest BCUT2D eigenvalue weighted by molar-refractivity contribution is 0.168. The van der Waals surface area contributed by atoms with Crippen LogP contribution in [0.15, 0.2) is 6.20 Å². The van der Waals surface area contributed by atoms with E-state index in [-0.39, 0.29) is 18.8 Å². The lowest BCUT2D eigenvalue weighted by Gasteiger charge is -2.26. The number of nitrogens with one attached hydrogen (secondary N) is 1. The van der Waals surface area contributed by atoms with Crippen LogP contribution in [0.4, 0.5) is 0 Å². The zero-order valence-electron chi connectivity index (χ0n) is 9.85. The van der Waals surface area contributed by atoms with Gasteiger partial charge in [-0.05, 0) is 13.3 Å². The zero-order valence-corrected chi connectivity index (χ0v) is 9.85. The fraction of sp³-hybridized carbons (Fsp3) is 0.800. The average Bonchev–Trinajstić information content (AvgIpc) is 2.74. The Balaban J connectivity index is 2.47. The predicted molar refractivity (Wildman–Crippen MR) is 59.7 cm³/mol. The van der Waals surface area contributed by atoms with Crippen LogP contribution in [-0.4, -0.2) is 44.0 Å². The maximum Gasteiger partial charge on any atom is 0.0965 e. The Hall–Kier alpha value is -0.980. The Morgan fingerprint density at radius 2 is 2.25 bits per heavy atom. The van der Waals surface area contributed by atoms with Crippen molar-refractivity contribution in [2.24, 2.45) is 0 Å². The van der Waals surface area contributed by atoms with E-state index < -0.39 is 0 Å². The van der Waals surface area contributed by atoms with Gasteiger partial charge in [0, 0.05) is 18.3 Å². The van der Waals surface area contributed by atoms with Gasteiger partial charge in [0.2, 0.25) is 0 Å². The summed E-state index contributed by atoms with van der Waals surface area (Å²) in [6.45, 7) is 5.15. The van der Waals surface area contributed by atoms with Crippen LogP contribution < -0.4 is 5.32 Å². The van der Waals surface area contributed by atoms with Crippen LogP contribution in [0.25, 0.3) is 0 Å². The van der Waals surface area contributed by atoms with E-state index in [1.165, 1.54) is 0 Å². The molecule has 0 aliphatic carbocycles. The van der Waals surface area contributed by atoms with Gasteiger partial charge in [0.15, 0.2) is 0 Å². The second kappa shape index (κ2) is 5.93. The molecule has 1 unspecified atom stereocenters. The topological polar surface area (TPSA) is 83.2 Å². The molecule has 0 spiro atoms. The van der Waals surface area contributed by atoms with Gasteiger partial charge < -0.3 is 15.5 Å². The molecule has 6 heteroatoms. The van der Waals surface area contributed by atoms with Crippen molar-refractivity contribution < 1.29 is 10.2 Å². The van der Waals surface area contributed by atoms with Crippen molar-refractivity contribution >= 4 is 0 Å². The van der Waals surface area contributed by atoms with Crippen LogP contribution in [0, 0.1) is 0 Å². The molecule has 0 aliphatic heterocycles. The third kappa shape index (κ3) is 3.55. The summed E-state index contributed by atoms with van der Waals surface area (Å²) in [6, 6.07) is 0. The van der Waals surface area contributed by atoms with Gasteiger partial charge in [-0.1, -0.05) is 12.1 Å². The van der Waals surface area contributed by atoms with Crippen LogP contribution in [0.5, 0.6) is 0 Å². The highest BCUT2D eigenvalue weighted by Gasteiger charge is 2.20. The number of hydrogen-bond acceptors (Lipinski definition) is 5. The number of nitrogens with zero attached hydrogens (tertiary/aromatic N) is 3. The quantitative estimate of drug-likeness (QED) is 0.587. The van der Waals surface area contributed by atoms with E-state index >= 15 is 0 Å². The molecule has 16 heavy (non-hydrogen) atoms. The fourth-order valence-electron chi connectivity index (χ4n) is 1.23. The molecule has 1 rings (SSSR count). The van der Waals surface area contributed by atoms with E-state index in [2.05, 4.69) is 15.6 Å². The summed E-state index contributed by atoms with van der Waals surface area (Å²) in [5.41, 5.74) is 0.530. The second-order valence-electron chi connectivity index (χ2n) is 4.12. The third-order valence-corrected chi connectivity index (χ3v) is 2.74. The monoisotopic (exact) mass is 228 g/mol. The molecular weight excluding hydrogens is 208 g/mol. The summed E-state index contributed by atoms with van der Waals surface area (Å²) < 4.78 is 1.60. The lowest BCUT2D eigenvalue weighted by atomic mass is 10.0. The SMILES string of the molecule is CCC(C)(CO)NCc1cn(CCO)nn1. The molecule has 0 amide bonds. The van der Waals surface area contributed by atoms with Crippen LogP contribution in [0.1, 0.15) is 26.0 Å². The van der Waals surface area contributed by atoms with Crippen molar-refractivity contribution in [2.45, 2.75) is 38.9 Å². The Kier molecular flexibility index (Phi) is 4.85. The van der Waals surface area contributed by atoms with Crippen molar-refractivity contribution in [3.05, 3.63) is 11.9 Å². The molecular formula is C10H20N4O2. The molecule has 0 aliphatic rings. The van der Waals surface area contributed by atoms with Crippen molar-refractivity contribution in [3.8, 4) is 0 Å². The minimum Gasteiger partial charge on any atom is -0.394 e. The molecule has 0 radical (unpaired) electrons. The van der Waals surface area contributed by atoms with E-state index in [0.717, 1.165) is 12.1 Å². The summed E-state index contributed by atoms with van der Waals surface area (Å²) in [5.74, 6) is 0. The molecule has 0 bridgehead atoms. The van der Waals surface area contributed by atoms with E-state index in [0.29, 0.717) is 13.1 Å². The molecule has 0 aromatic carbocycles. The zero-order chi connectivity index (χ0) is 12.0. The van der Waals surface area contributed by atoms with Gasteiger partial charge in [-0.15, -0.1) is 5.10 Å². The summed E-state index contributed by atoms with van der Waals surface area (Å²) in [6.07, 6.45) is 2.63. The first kappa shape index (κ1) is 13.1. The van der Waals surface area contributed by atoms with Crippen molar-refractivity contribution in [1.29, 1.82) is 0 Å². The largest absolute Gasteiger partial charge is 0.394 e. The van der Waals surface area contributed by atoms with Gasteiger partial charge in [-0.3, -0.25) is 0 Å². The number of aliphatic hydroxyl groups excluding tert-OH is 2. The van der Waals surface area contributed by atoms with Crippen LogP contribution in [-0.2, 0) is 13.1 Å². The number of aliphatic hydroxyl groups is 2. The number of rotatable bonds is 7. The first-order valence-corrected chi connectivity index (χ1v) is 5.49. The minimum absolute atomic E-state index is 0.0551. The highest BCUT2D eigenvalue weighted by Crippen LogP contribution is 2.08. The maximum absolute atomic E-state index is 9.22. The number of hydrogen-bond donors (Lipinski definition) is 3. The normalized spacial score (nSPS) is 15.0. The van der Waals surface area contributed by atoms with Gasteiger partial charge in [0.1, 0.15) is 0 Å². The Morgan fingerprint density at radius 3 is 2.81 bits per heavy atom. The summed E-state index contributed by atoms with van der Waals surface area (Å²) in [4.78, 5) is 0. The minimum atomic E-state index is -0.277. The molecule has 0 fully saturated rings. The van der Waals surface area contributed by atoms with Crippen molar-refractivity contribution in [1.82, 2.24) is 20.3 Å². The molecule has 6 nitrogen and oxygen atoms in total. The van der Waals surface area contributed by atoms with Crippen LogP contribution >= 0.6 is 0 Å². The Morgan fingerprint density at radius 1 is 1.50 bits per heavy atom. The standard InChI is InChI=1S/C10H20N4O2/c1-3-10(2,8-16)11-6-9-7-14(4-5-15)13-12-9/h7,11,15-16H,3-6,8H2,1-2H3. The molecule has 1 atom stereocenters. The smallest absolute Gasteiger partial charge is 0.0965 e. The molecule has 1 heterocycles. The molecule has 0 saturated heterocycles. The van der Waals surface area contributed by atoms with Crippen molar-refractivity contribution in [3.63, 3.8) is 0 Å². The molecule has 0 saturated carbocycles. The van der Waals surface area contributed by atoms with Crippen LogP contribution in [0.2, 0.25) is 0 Å². The highest BCUT2D eigenvalue weighted by atomic mass is 16.3. The van der Waals surface area contributed by atoms with E-state index in [1.54, 1.807) is 10.9 Å². The first-order valence-electron chi connectivity index (χ1n) is 5.49. The molecule has 1 aromatic heterocycles. The van der Waals surface area contributed by atoms with Gasteiger partial charge in [-0.2, -0.15) is 0 Å². The average molecular weight is 228 g/mol. The van der Waals surface area contributed by atoms with Gasteiger partial charge in [0.05, 0.1) is 25.5 Å². The summed E-state index contributed by atoms with van der Waals surface area (Å²) in [5, 5.41) is 29.0. The van der Waals surface area contributed by atoms with E-state index in [4.69, 9.17) is 5.11 Å². The van der Waals surface area contributed by atoms with E-state index in [9.17, 15) is 5.11 Å². The molecule has 3 N–H and O–H groups in total. The molecule has 92 valence electrons. The first-order chi connectivity index (χ1) is 7.63. The van der Waals surface area contributed by atoms with Crippen molar-refractivity contribution in [2.75, 3.05) is 13.2 Å². The molecule has 1 aromatic rings. The summed E-state index contributed by atoms with van der Waals surface area (Å²) in [7, 11) is 0. The van der Waals surface area contributed by atoms with E-state index in [1.807, 2.05) is 13.8 Å². The third-order valence-electron chi connectivity index (χ3n) is 2.74. The van der Waals surface area contributed by atoms with Gasteiger partial charge in [0.25, 0.3) is 0 Å². The predicted octanol–water partition coefficient (Wildman–Crippen LogP) is -0.479. The second-order valence-corrected chi connectivity index (χ2v) is 4.12. The number of aromatic nitrogens is 3. The van der Waals surface area contributed by atoms with Gasteiger partial charge >= 0.3 is 0 Å². The Bertz CT molecular complexity index is 310. The van der Waals surface area contributed by atoms with Crippen LogP contribution in [0.3, 0.4) is 0 Å². The Labute approximate surface area is 95.3 Å². The van der Waals surface area contributed by atoms with Gasteiger partial charge in [-0.25, -0.2) is 4.68 Å². The lowest BCUT2D eigenvalue weighted by Crippen LogP contribution is -2.44. The maximum atomic E-state index is 9.22. The fourth-order valence-corrected chi connectivity index (χ4v) is 1.23. The summed E-state index contributed by atoms with van der Waals surface area (Å²) >= 11 is 0. The highest BCUT2D eigenvalue weighted by molar-refractivity contribution is 4.94.